The molecule has 0 amide bonds. The van der Waals surface area contributed by atoms with Crippen LogP contribution in [0.25, 0.3) is 0 Å². The van der Waals surface area contributed by atoms with Gasteiger partial charge in [0.25, 0.3) is 0 Å². The Hall–Kier alpha value is -0.940. The van der Waals surface area contributed by atoms with Crippen molar-refractivity contribution in [2.75, 3.05) is 40.5 Å². The third kappa shape index (κ3) is 4.27. The van der Waals surface area contributed by atoms with E-state index in [0.717, 1.165) is 19.7 Å². The van der Waals surface area contributed by atoms with Crippen molar-refractivity contribution in [3.63, 3.8) is 0 Å². The minimum Gasteiger partial charge on any atom is -0.384 e. The standard InChI is InChI=1S/C17H28N2O2/c1-20-12-14-6-5-9-19(11-14)17(10-18)16-8-4-3-7-15(16)13-21-2/h3-4,7-8,14,17H,5-6,9-13,18H2,1-2H3. The van der Waals surface area contributed by atoms with Crippen LogP contribution in [-0.2, 0) is 16.1 Å². The predicted octanol–water partition coefficient (Wildman–Crippen LogP) is 2.19. The summed E-state index contributed by atoms with van der Waals surface area (Å²) in [6.07, 6.45) is 2.47. The molecule has 2 atom stereocenters. The molecule has 2 rings (SSSR count). The second-order valence-electron chi connectivity index (χ2n) is 5.84. The molecule has 1 aromatic carbocycles. The molecule has 1 aliphatic rings. The SMILES string of the molecule is COCc1ccccc1C(CN)N1CCCC(COC)C1. The molecule has 0 aliphatic carbocycles. The van der Waals surface area contributed by atoms with E-state index in [9.17, 15) is 0 Å². The third-order valence-corrected chi connectivity index (χ3v) is 4.33. The van der Waals surface area contributed by atoms with Crippen LogP contribution in [0.2, 0.25) is 0 Å². The minimum absolute atomic E-state index is 0.274. The monoisotopic (exact) mass is 292 g/mol. The number of piperidine rings is 1. The number of ether oxygens (including phenoxy) is 2. The first-order valence-electron chi connectivity index (χ1n) is 7.80. The van der Waals surface area contributed by atoms with Crippen molar-refractivity contribution in [2.24, 2.45) is 11.7 Å². The lowest BCUT2D eigenvalue weighted by atomic mass is 9.93. The summed E-state index contributed by atoms with van der Waals surface area (Å²) >= 11 is 0. The highest BCUT2D eigenvalue weighted by Crippen LogP contribution is 2.28. The molecular formula is C17H28N2O2. The molecule has 1 saturated heterocycles. The van der Waals surface area contributed by atoms with Crippen molar-refractivity contribution in [1.82, 2.24) is 4.90 Å². The van der Waals surface area contributed by atoms with E-state index >= 15 is 0 Å². The van der Waals surface area contributed by atoms with E-state index in [-0.39, 0.29) is 6.04 Å². The summed E-state index contributed by atoms with van der Waals surface area (Å²) in [5, 5.41) is 0. The summed E-state index contributed by atoms with van der Waals surface area (Å²) in [5.41, 5.74) is 8.65. The molecule has 2 N–H and O–H groups in total. The van der Waals surface area contributed by atoms with Crippen LogP contribution in [0.5, 0.6) is 0 Å². The van der Waals surface area contributed by atoms with Gasteiger partial charge in [-0.1, -0.05) is 24.3 Å². The highest BCUT2D eigenvalue weighted by atomic mass is 16.5. The summed E-state index contributed by atoms with van der Waals surface area (Å²) in [7, 11) is 3.52. The normalized spacial score (nSPS) is 21.4. The van der Waals surface area contributed by atoms with Gasteiger partial charge in [0, 0.05) is 33.4 Å². The molecule has 1 heterocycles. The van der Waals surface area contributed by atoms with E-state index in [1.54, 1.807) is 14.2 Å². The summed E-state index contributed by atoms with van der Waals surface area (Å²) in [4.78, 5) is 2.52. The van der Waals surface area contributed by atoms with E-state index in [1.165, 1.54) is 24.0 Å². The smallest absolute Gasteiger partial charge is 0.0716 e. The predicted molar refractivity (Wildman–Crippen MR) is 85.1 cm³/mol. The number of hydrogen-bond donors (Lipinski definition) is 1. The van der Waals surface area contributed by atoms with Crippen LogP contribution in [0.15, 0.2) is 24.3 Å². The van der Waals surface area contributed by atoms with Crippen LogP contribution in [0.3, 0.4) is 0 Å². The molecule has 118 valence electrons. The average molecular weight is 292 g/mol. The Morgan fingerprint density at radius 2 is 2.10 bits per heavy atom. The van der Waals surface area contributed by atoms with Crippen LogP contribution in [0.1, 0.15) is 30.0 Å². The zero-order valence-corrected chi connectivity index (χ0v) is 13.3. The summed E-state index contributed by atoms with van der Waals surface area (Å²) in [5.74, 6) is 0.618. The van der Waals surface area contributed by atoms with E-state index < -0.39 is 0 Å². The maximum atomic E-state index is 6.11. The molecule has 0 spiro atoms. The van der Waals surface area contributed by atoms with Crippen molar-refractivity contribution in [1.29, 1.82) is 0 Å². The maximum absolute atomic E-state index is 6.11. The number of likely N-dealkylation sites (tertiary alicyclic amines) is 1. The van der Waals surface area contributed by atoms with E-state index in [0.29, 0.717) is 19.1 Å². The van der Waals surface area contributed by atoms with Crippen molar-refractivity contribution in [2.45, 2.75) is 25.5 Å². The fourth-order valence-electron chi connectivity index (χ4n) is 3.37. The molecule has 0 radical (unpaired) electrons. The lowest BCUT2D eigenvalue weighted by molar-refractivity contribution is 0.0689. The number of rotatable bonds is 7. The number of nitrogens with zero attached hydrogens (tertiary/aromatic N) is 1. The van der Waals surface area contributed by atoms with Crippen LogP contribution in [0, 0.1) is 5.92 Å². The largest absolute Gasteiger partial charge is 0.384 e. The van der Waals surface area contributed by atoms with Gasteiger partial charge in [0.1, 0.15) is 0 Å². The van der Waals surface area contributed by atoms with Gasteiger partial charge in [0.05, 0.1) is 13.2 Å². The Kier molecular flexibility index (Phi) is 6.64. The van der Waals surface area contributed by atoms with Gasteiger partial charge < -0.3 is 15.2 Å². The Morgan fingerprint density at radius 1 is 1.29 bits per heavy atom. The van der Waals surface area contributed by atoms with Crippen LogP contribution < -0.4 is 5.73 Å². The van der Waals surface area contributed by atoms with Gasteiger partial charge in [0.15, 0.2) is 0 Å². The van der Waals surface area contributed by atoms with Gasteiger partial charge in [-0.25, -0.2) is 0 Å². The quantitative estimate of drug-likeness (QED) is 0.837. The highest BCUT2D eigenvalue weighted by molar-refractivity contribution is 5.30. The molecule has 4 heteroatoms. The van der Waals surface area contributed by atoms with Crippen LogP contribution in [-0.4, -0.2) is 45.4 Å². The summed E-state index contributed by atoms with van der Waals surface area (Å²) in [6.45, 7) is 4.30. The topological polar surface area (TPSA) is 47.7 Å². The zero-order chi connectivity index (χ0) is 15.1. The number of methoxy groups -OCH3 is 2. The van der Waals surface area contributed by atoms with Crippen molar-refractivity contribution < 1.29 is 9.47 Å². The molecule has 1 aromatic rings. The number of benzene rings is 1. The Balaban J connectivity index is 2.15. The summed E-state index contributed by atoms with van der Waals surface area (Å²) < 4.78 is 10.7. The molecule has 4 nitrogen and oxygen atoms in total. The van der Waals surface area contributed by atoms with Crippen LogP contribution >= 0.6 is 0 Å². The van der Waals surface area contributed by atoms with Gasteiger partial charge in [-0.2, -0.15) is 0 Å². The lowest BCUT2D eigenvalue weighted by Gasteiger charge is -2.38. The first-order chi connectivity index (χ1) is 10.3. The van der Waals surface area contributed by atoms with Gasteiger partial charge >= 0.3 is 0 Å². The molecule has 1 fully saturated rings. The first kappa shape index (κ1) is 16.4. The van der Waals surface area contributed by atoms with Gasteiger partial charge in [-0.05, 0) is 36.4 Å². The summed E-state index contributed by atoms with van der Waals surface area (Å²) in [6, 6.07) is 8.75. The highest BCUT2D eigenvalue weighted by Gasteiger charge is 2.27. The Morgan fingerprint density at radius 3 is 2.81 bits per heavy atom. The molecule has 0 bridgehead atoms. The van der Waals surface area contributed by atoms with Gasteiger partial charge in [0.2, 0.25) is 0 Å². The second kappa shape index (κ2) is 8.49. The van der Waals surface area contributed by atoms with Crippen LogP contribution in [0.4, 0.5) is 0 Å². The second-order valence-corrected chi connectivity index (χ2v) is 5.84. The van der Waals surface area contributed by atoms with Crippen molar-refractivity contribution in [3.8, 4) is 0 Å². The molecule has 0 saturated carbocycles. The van der Waals surface area contributed by atoms with Crippen molar-refractivity contribution in [3.05, 3.63) is 35.4 Å². The van der Waals surface area contributed by atoms with E-state index in [2.05, 4.69) is 29.2 Å². The number of nitrogens with two attached hydrogens (primary N) is 1. The molecule has 2 unspecified atom stereocenters. The molecule has 21 heavy (non-hydrogen) atoms. The lowest BCUT2D eigenvalue weighted by Crippen LogP contribution is -2.42. The minimum atomic E-state index is 0.274. The molecule has 1 aliphatic heterocycles. The number of hydrogen-bond acceptors (Lipinski definition) is 4. The maximum Gasteiger partial charge on any atom is 0.0716 e. The van der Waals surface area contributed by atoms with E-state index in [1.807, 2.05) is 0 Å². The van der Waals surface area contributed by atoms with Gasteiger partial charge in [-0.3, -0.25) is 4.90 Å². The fourth-order valence-corrected chi connectivity index (χ4v) is 3.37. The fraction of sp³-hybridized carbons (Fsp3) is 0.647. The average Bonchev–Trinajstić information content (AvgIpc) is 2.51. The Labute approximate surface area is 128 Å². The third-order valence-electron chi connectivity index (χ3n) is 4.33. The zero-order valence-electron chi connectivity index (χ0n) is 13.3. The Bertz CT molecular complexity index is 423. The van der Waals surface area contributed by atoms with Crippen molar-refractivity contribution >= 4 is 0 Å². The first-order valence-corrected chi connectivity index (χ1v) is 7.80. The van der Waals surface area contributed by atoms with Gasteiger partial charge in [-0.15, -0.1) is 0 Å². The molecular weight excluding hydrogens is 264 g/mol. The van der Waals surface area contributed by atoms with E-state index in [4.69, 9.17) is 15.2 Å². The molecule has 0 aromatic heterocycles.